The molecule has 1 saturated carbocycles. The molecule has 0 radical (unpaired) electrons. The minimum Gasteiger partial charge on any atom is -0.475 e. The summed E-state index contributed by atoms with van der Waals surface area (Å²) in [6, 6.07) is 9.67. The summed E-state index contributed by atoms with van der Waals surface area (Å²) >= 11 is 0. The van der Waals surface area contributed by atoms with Crippen molar-refractivity contribution in [3.63, 3.8) is 0 Å². The van der Waals surface area contributed by atoms with Gasteiger partial charge in [0.25, 0.3) is 0 Å². The molecule has 0 bridgehead atoms. The largest absolute Gasteiger partial charge is 0.475 e. The Morgan fingerprint density at radius 3 is 2.57 bits per heavy atom. The molecule has 0 spiro atoms. The number of amides is 2. The smallest absolute Gasteiger partial charge is 0.227 e. The topological polar surface area (TPSA) is 126 Å². The van der Waals surface area contributed by atoms with Crippen molar-refractivity contribution in [2.24, 2.45) is 17.8 Å². The molecule has 2 aliphatic heterocycles. The van der Waals surface area contributed by atoms with Crippen molar-refractivity contribution in [2.75, 3.05) is 40.0 Å². The number of fused-ring (bicyclic) bond motifs is 1. The second kappa shape index (κ2) is 14.9. The van der Waals surface area contributed by atoms with Crippen LogP contribution in [0.3, 0.4) is 0 Å². The Hall–Kier alpha value is -2.83. The number of hydrogen-bond donors (Lipinski definition) is 2. The zero-order valence-corrected chi connectivity index (χ0v) is 28.2. The summed E-state index contributed by atoms with van der Waals surface area (Å²) in [6.07, 6.45) is 2.31. The number of aliphatic hydroxyl groups excluding tert-OH is 1. The zero-order chi connectivity index (χ0) is 33.0. The third-order valence-electron chi connectivity index (χ3n) is 8.71. The van der Waals surface area contributed by atoms with Gasteiger partial charge in [0.1, 0.15) is 6.61 Å². The summed E-state index contributed by atoms with van der Waals surface area (Å²) in [5.74, 6) is -0.0772. The lowest BCUT2D eigenvalue weighted by molar-refractivity contribution is -0.142. The number of rotatable bonds is 15. The van der Waals surface area contributed by atoms with Gasteiger partial charge in [-0.2, -0.15) is 0 Å². The number of carbonyl (C=O) groups excluding carboxylic acids is 2. The second-order valence-corrected chi connectivity index (χ2v) is 14.4. The molecule has 3 unspecified atom stereocenters. The van der Waals surface area contributed by atoms with Gasteiger partial charge < -0.3 is 34.3 Å². The van der Waals surface area contributed by atoms with Gasteiger partial charge in [-0.1, -0.05) is 32.0 Å². The van der Waals surface area contributed by atoms with Crippen LogP contribution >= 0.6 is 0 Å². The van der Waals surface area contributed by atoms with Crippen LogP contribution in [0.25, 0.3) is 10.9 Å². The van der Waals surface area contributed by atoms with E-state index in [9.17, 15) is 14.7 Å². The third kappa shape index (κ3) is 9.16. The third-order valence-corrected chi connectivity index (χ3v) is 8.71. The van der Waals surface area contributed by atoms with Crippen LogP contribution in [0.1, 0.15) is 65.9 Å². The van der Waals surface area contributed by atoms with Crippen molar-refractivity contribution < 1.29 is 33.6 Å². The maximum atomic E-state index is 14.5. The van der Waals surface area contributed by atoms with Crippen LogP contribution in [0.15, 0.2) is 30.3 Å². The van der Waals surface area contributed by atoms with E-state index in [0.717, 1.165) is 29.3 Å². The summed E-state index contributed by atoms with van der Waals surface area (Å²) in [4.78, 5) is 36.9. The molecule has 2 N–H and O–H groups in total. The molecule has 2 aromatic rings. The van der Waals surface area contributed by atoms with E-state index < -0.39 is 18.1 Å². The van der Waals surface area contributed by atoms with Gasteiger partial charge in [-0.25, -0.2) is 4.98 Å². The molecule has 2 amide bonds. The predicted molar refractivity (Wildman–Crippen MR) is 174 cm³/mol. The molecular formula is C35H52N4O7. The highest BCUT2D eigenvalue weighted by Gasteiger charge is 2.51. The quantitative estimate of drug-likeness (QED) is 0.221. The molecule has 11 nitrogen and oxygen atoms in total. The molecular weight excluding hydrogens is 588 g/mol. The minimum absolute atomic E-state index is 0.0440. The number of nitrogens with one attached hydrogen (secondary N) is 1. The summed E-state index contributed by atoms with van der Waals surface area (Å²) in [5.41, 5.74) is 1.41. The maximum Gasteiger partial charge on any atom is 0.227 e. The summed E-state index contributed by atoms with van der Waals surface area (Å²) in [5, 5.41) is 14.0. The standard InChI is InChI=1S/C35H52N4O7/c1-22(2)15-26(21-40)36-31(41)24-16-25(19-38(18-24)33-34(45-33)46-35(3,4)5)32(42)39(27-11-12-27)20-23-17-30(44-14-13-43-6)37-29-10-8-7-9-28(23)29/h7-10,17,22,24-27,33-34,40H,11-16,18-21H2,1-6H3,(H,36,41)/t24-,25+,26?,33?,34?/m0/s1. The predicted octanol–water partition coefficient (Wildman–Crippen LogP) is 3.71. The van der Waals surface area contributed by atoms with E-state index in [1.807, 2.05) is 56.0 Å². The fourth-order valence-corrected chi connectivity index (χ4v) is 6.41. The van der Waals surface area contributed by atoms with Crippen molar-refractivity contribution in [2.45, 2.75) is 97.0 Å². The van der Waals surface area contributed by atoms with Crippen molar-refractivity contribution in [3.05, 3.63) is 35.9 Å². The number of aliphatic hydroxyl groups is 1. The molecule has 5 rings (SSSR count). The SMILES string of the molecule is COCCOc1cc(CN(C(=O)[C@@H]2C[C@H](C(=O)NC(CO)CC(C)C)CN(C3OC3OC(C)(C)C)C2)C2CC2)c2ccccc2n1. The number of likely N-dealkylation sites (tertiary alicyclic amines) is 1. The highest BCUT2D eigenvalue weighted by molar-refractivity contribution is 5.85. The summed E-state index contributed by atoms with van der Waals surface area (Å²) < 4.78 is 23.1. The number of piperidine rings is 1. The summed E-state index contributed by atoms with van der Waals surface area (Å²) in [7, 11) is 1.63. The van der Waals surface area contributed by atoms with Crippen molar-refractivity contribution >= 4 is 22.7 Å². The van der Waals surface area contributed by atoms with E-state index >= 15 is 0 Å². The van der Waals surface area contributed by atoms with Gasteiger partial charge in [0.05, 0.1) is 42.2 Å². The Morgan fingerprint density at radius 2 is 1.89 bits per heavy atom. The van der Waals surface area contributed by atoms with Gasteiger partial charge in [-0.3, -0.25) is 14.5 Å². The first-order chi connectivity index (χ1) is 22.0. The number of methoxy groups -OCH3 is 1. The zero-order valence-electron chi connectivity index (χ0n) is 28.2. The monoisotopic (exact) mass is 640 g/mol. The minimum atomic E-state index is -0.424. The fourth-order valence-electron chi connectivity index (χ4n) is 6.41. The number of ether oxygens (including phenoxy) is 4. The van der Waals surface area contributed by atoms with Crippen LogP contribution in [0.2, 0.25) is 0 Å². The lowest BCUT2D eigenvalue weighted by Crippen LogP contribution is -2.53. The van der Waals surface area contributed by atoms with Crippen LogP contribution < -0.4 is 10.1 Å². The molecule has 1 aromatic carbocycles. The van der Waals surface area contributed by atoms with Gasteiger partial charge in [-0.05, 0) is 64.0 Å². The number of benzene rings is 1. The average molecular weight is 641 g/mol. The molecule has 3 aliphatic rings. The average Bonchev–Trinajstić information content (AvgIpc) is 3.95. The van der Waals surface area contributed by atoms with Crippen LogP contribution in [0, 0.1) is 17.8 Å². The van der Waals surface area contributed by atoms with Gasteiger partial charge in [-0.15, -0.1) is 0 Å². The highest BCUT2D eigenvalue weighted by Crippen LogP contribution is 2.38. The first-order valence-electron chi connectivity index (χ1n) is 16.7. The Balaban J connectivity index is 1.37. The van der Waals surface area contributed by atoms with Crippen molar-refractivity contribution in [3.8, 4) is 5.88 Å². The number of carbonyl (C=O) groups is 2. The number of pyridine rings is 1. The lowest BCUT2D eigenvalue weighted by Gasteiger charge is -2.38. The van der Waals surface area contributed by atoms with Crippen LogP contribution in [-0.2, 0) is 30.3 Å². The Bertz CT molecular complexity index is 1340. The Morgan fingerprint density at radius 1 is 1.15 bits per heavy atom. The molecule has 5 atom stereocenters. The lowest BCUT2D eigenvalue weighted by atomic mass is 9.87. The normalized spacial score (nSPS) is 24.2. The number of nitrogens with zero attached hydrogens (tertiary/aromatic N) is 3. The van der Waals surface area contributed by atoms with Gasteiger partial charge in [0.15, 0.2) is 12.5 Å². The van der Waals surface area contributed by atoms with Crippen molar-refractivity contribution in [1.29, 1.82) is 0 Å². The number of epoxide rings is 1. The fraction of sp³-hybridized carbons (Fsp3) is 0.686. The number of para-hydroxylation sites is 1. The molecule has 3 heterocycles. The molecule has 11 heteroatoms. The van der Waals surface area contributed by atoms with Gasteiger partial charge >= 0.3 is 0 Å². The van der Waals surface area contributed by atoms with E-state index in [2.05, 4.69) is 29.0 Å². The first-order valence-corrected chi connectivity index (χ1v) is 16.7. The molecule has 3 fully saturated rings. The Kier molecular flexibility index (Phi) is 11.2. The molecule has 2 saturated heterocycles. The second-order valence-electron chi connectivity index (χ2n) is 14.4. The van der Waals surface area contributed by atoms with Gasteiger partial charge in [0, 0.05) is 44.2 Å². The molecule has 1 aromatic heterocycles. The highest BCUT2D eigenvalue weighted by atomic mass is 16.8. The van der Waals surface area contributed by atoms with Crippen LogP contribution in [-0.4, -0.2) is 102 Å². The van der Waals surface area contributed by atoms with E-state index in [4.69, 9.17) is 18.9 Å². The molecule has 1 aliphatic carbocycles. The molecule has 254 valence electrons. The first kappa shape index (κ1) is 34.5. The van der Waals surface area contributed by atoms with E-state index in [1.54, 1.807) is 7.11 Å². The van der Waals surface area contributed by atoms with Crippen molar-refractivity contribution in [1.82, 2.24) is 20.1 Å². The molecule has 46 heavy (non-hydrogen) atoms. The van der Waals surface area contributed by atoms with Crippen LogP contribution in [0.4, 0.5) is 0 Å². The van der Waals surface area contributed by atoms with Gasteiger partial charge in [0.2, 0.25) is 17.7 Å². The van der Waals surface area contributed by atoms with E-state index in [-0.39, 0.29) is 42.3 Å². The van der Waals surface area contributed by atoms with E-state index in [1.165, 1.54) is 0 Å². The van der Waals surface area contributed by atoms with E-state index in [0.29, 0.717) is 57.5 Å². The number of hydrogen-bond acceptors (Lipinski definition) is 9. The maximum absolute atomic E-state index is 14.5. The summed E-state index contributed by atoms with van der Waals surface area (Å²) in [6.45, 7) is 12.2. The Labute approximate surface area is 272 Å². The van der Waals surface area contributed by atoms with Crippen LogP contribution in [0.5, 0.6) is 5.88 Å². The number of aromatic nitrogens is 1.